The molecule has 0 aromatic heterocycles. The first-order valence-corrected chi connectivity index (χ1v) is 9.30. The number of anilines is 2. The van der Waals surface area contributed by atoms with Crippen molar-refractivity contribution in [2.45, 2.75) is 43.8 Å². The predicted octanol–water partition coefficient (Wildman–Crippen LogP) is 4.85. The van der Waals surface area contributed by atoms with Crippen LogP contribution in [0.3, 0.4) is 0 Å². The molecule has 132 valence electrons. The molecule has 0 aliphatic rings. The van der Waals surface area contributed by atoms with E-state index in [4.69, 9.17) is 0 Å². The quantitative estimate of drug-likeness (QED) is 0.697. The molecule has 0 bridgehead atoms. The number of hydrogen-bond acceptors (Lipinski definition) is 3. The lowest BCUT2D eigenvalue weighted by molar-refractivity contribution is -0.116. The standard InChI is InChI=1S/C20H24N2O2S/c1-4-6-19(23)21-17-7-5-8-18(13-17)25-15(3)20(24)22-16-11-9-14(2)10-12-16/h5,7-13,15H,4,6H2,1-3H3,(H,21,23)(H,22,24). The normalized spacial score (nSPS) is 11.6. The third-order valence-electron chi connectivity index (χ3n) is 3.60. The first-order valence-electron chi connectivity index (χ1n) is 8.42. The van der Waals surface area contributed by atoms with Gasteiger partial charge in [-0.3, -0.25) is 9.59 Å². The van der Waals surface area contributed by atoms with Gasteiger partial charge in [0.2, 0.25) is 11.8 Å². The predicted molar refractivity (Wildman–Crippen MR) is 105 cm³/mol. The maximum absolute atomic E-state index is 12.3. The zero-order chi connectivity index (χ0) is 18.2. The van der Waals surface area contributed by atoms with Gasteiger partial charge in [0.1, 0.15) is 0 Å². The van der Waals surface area contributed by atoms with Crippen LogP contribution < -0.4 is 10.6 Å². The fourth-order valence-corrected chi connectivity index (χ4v) is 3.16. The Hall–Kier alpha value is -2.27. The summed E-state index contributed by atoms with van der Waals surface area (Å²) in [7, 11) is 0. The average Bonchev–Trinajstić information content (AvgIpc) is 2.57. The molecule has 0 aliphatic heterocycles. The van der Waals surface area contributed by atoms with Crippen molar-refractivity contribution < 1.29 is 9.59 Å². The summed E-state index contributed by atoms with van der Waals surface area (Å²) >= 11 is 1.47. The Kier molecular flexibility index (Phi) is 7.07. The second-order valence-electron chi connectivity index (χ2n) is 5.94. The van der Waals surface area contributed by atoms with Gasteiger partial charge in [-0.05, 0) is 50.6 Å². The summed E-state index contributed by atoms with van der Waals surface area (Å²) in [6.07, 6.45) is 1.32. The van der Waals surface area contributed by atoms with Crippen molar-refractivity contribution in [1.82, 2.24) is 0 Å². The number of nitrogens with one attached hydrogen (secondary N) is 2. The highest BCUT2D eigenvalue weighted by atomic mass is 32.2. The molecule has 0 aliphatic carbocycles. The fourth-order valence-electron chi connectivity index (χ4n) is 2.24. The van der Waals surface area contributed by atoms with Crippen molar-refractivity contribution in [3.8, 4) is 0 Å². The highest BCUT2D eigenvalue weighted by Crippen LogP contribution is 2.26. The van der Waals surface area contributed by atoms with Crippen molar-refractivity contribution in [2.75, 3.05) is 10.6 Å². The van der Waals surface area contributed by atoms with Gasteiger partial charge in [0, 0.05) is 22.7 Å². The van der Waals surface area contributed by atoms with E-state index in [1.54, 1.807) is 0 Å². The number of carbonyl (C=O) groups is 2. The molecule has 2 aromatic rings. The Bertz CT molecular complexity index is 729. The van der Waals surface area contributed by atoms with Crippen LogP contribution >= 0.6 is 11.8 Å². The van der Waals surface area contributed by atoms with E-state index in [-0.39, 0.29) is 17.1 Å². The molecular weight excluding hydrogens is 332 g/mol. The van der Waals surface area contributed by atoms with Crippen LogP contribution in [-0.2, 0) is 9.59 Å². The molecule has 25 heavy (non-hydrogen) atoms. The highest BCUT2D eigenvalue weighted by molar-refractivity contribution is 8.00. The van der Waals surface area contributed by atoms with Gasteiger partial charge in [0.15, 0.2) is 0 Å². The molecule has 5 heteroatoms. The van der Waals surface area contributed by atoms with Gasteiger partial charge in [-0.2, -0.15) is 0 Å². The minimum Gasteiger partial charge on any atom is -0.326 e. The van der Waals surface area contributed by atoms with Crippen molar-refractivity contribution in [3.63, 3.8) is 0 Å². The van der Waals surface area contributed by atoms with Crippen LogP contribution in [-0.4, -0.2) is 17.1 Å². The second-order valence-corrected chi connectivity index (χ2v) is 7.36. The third-order valence-corrected chi connectivity index (χ3v) is 4.69. The van der Waals surface area contributed by atoms with Crippen LogP contribution in [0.1, 0.15) is 32.3 Å². The topological polar surface area (TPSA) is 58.2 Å². The van der Waals surface area contributed by atoms with Crippen LogP contribution in [0.2, 0.25) is 0 Å². The molecule has 4 nitrogen and oxygen atoms in total. The molecule has 0 radical (unpaired) electrons. The van der Waals surface area contributed by atoms with Gasteiger partial charge < -0.3 is 10.6 Å². The molecule has 0 saturated heterocycles. The van der Waals surface area contributed by atoms with E-state index in [1.165, 1.54) is 11.8 Å². The Morgan fingerprint density at radius 2 is 1.76 bits per heavy atom. The molecule has 1 unspecified atom stereocenters. The lowest BCUT2D eigenvalue weighted by atomic mass is 10.2. The highest BCUT2D eigenvalue weighted by Gasteiger charge is 2.15. The average molecular weight is 356 g/mol. The Balaban J connectivity index is 1.95. The molecule has 2 rings (SSSR count). The third kappa shape index (κ3) is 6.27. The number of benzene rings is 2. The van der Waals surface area contributed by atoms with Crippen molar-refractivity contribution >= 4 is 35.0 Å². The van der Waals surface area contributed by atoms with Crippen LogP contribution in [0.4, 0.5) is 11.4 Å². The summed E-state index contributed by atoms with van der Waals surface area (Å²) in [4.78, 5) is 25.0. The minimum atomic E-state index is -0.247. The number of hydrogen-bond donors (Lipinski definition) is 2. The zero-order valence-electron chi connectivity index (χ0n) is 14.8. The van der Waals surface area contributed by atoms with Crippen LogP contribution in [0.5, 0.6) is 0 Å². The summed E-state index contributed by atoms with van der Waals surface area (Å²) in [6.45, 7) is 5.85. The summed E-state index contributed by atoms with van der Waals surface area (Å²) in [6, 6.07) is 15.3. The summed E-state index contributed by atoms with van der Waals surface area (Å²) < 4.78 is 0. The van der Waals surface area contributed by atoms with Crippen LogP contribution in [0, 0.1) is 6.92 Å². The van der Waals surface area contributed by atoms with Crippen molar-refractivity contribution in [1.29, 1.82) is 0 Å². The van der Waals surface area contributed by atoms with Gasteiger partial charge in [-0.25, -0.2) is 0 Å². The first-order chi connectivity index (χ1) is 12.0. The maximum Gasteiger partial charge on any atom is 0.237 e. The lowest BCUT2D eigenvalue weighted by Crippen LogP contribution is -2.22. The molecule has 0 saturated carbocycles. The van der Waals surface area contributed by atoms with Gasteiger partial charge in [-0.15, -0.1) is 11.8 Å². The Morgan fingerprint density at radius 3 is 2.44 bits per heavy atom. The van der Waals surface area contributed by atoms with Gasteiger partial charge >= 0.3 is 0 Å². The van der Waals surface area contributed by atoms with E-state index < -0.39 is 0 Å². The van der Waals surface area contributed by atoms with Crippen LogP contribution in [0.25, 0.3) is 0 Å². The molecule has 2 aromatic carbocycles. The lowest BCUT2D eigenvalue weighted by Gasteiger charge is -2.13. The van der Waals surface area contributed by atoms with Crippen molar-refractivity contribution in [3.05, 3.63) is 54.1 Å². The SMILES string of the molecule is CCCC(=O)Nc1cccc(SC(C)C(=O)Nc2ccc(C)cc2)c1. The van der Waals surface area contributed by atoms with E-state index in [0.29, 0.717) is 6.42 Å². The Morgan fingerprint density at radius 1 is 1.04 bits per heavy atom. The van der Waals surface area contributed by atoms with Gasteiger partial charge in [0.05, 0.1) is 5.25 Å². The van der Waals surface area contributed by atoms with E-state index in [9.17, 15) is 9.59 Å². The molecule has 0 spiro atoms. The number of rotatable bonds is 7. The van der Waals surface area contributed by atoms with Gasteiger partial charge in [0.25, 0.3) is 0 Å². The van der Waals surface area contributed by atoms with E-state index >= 15 is 0 Å². The van der Waals surface area contributed by atoms with Crippen LogP contribution in [0.15, 0.2) is 53.4 Å². The van der Waals surface area contributed by atoms with Crippen molar-refractivity contribution in [2.24, 2.45) is 0 Å². The monoisotopic (exact) mass is 356 g/mol. The molecular formula is C20H24N2O2S. The minimum absolute atomic E-state index is 0.00909. The molecule has 2 amide bonds. The number of aryl methyl sites for hydroxylation is 1. The number of amides is 2. The maximum atomic E-state index is 12.3. The second kappa shape index (κ2) is 9.28. The van der Waals surface area contributed by atoms with E-state index in [2.05, 4.69) is 10.6 Å². The Labute approximate surface area is 153 Å². The largest absolute Gasteiger partial charge is 0.326 e. The number of thioether (sulfide) groups is 1. The summed E-state index contributed by atoms with van der Waals surface area (Å²) in [5.41, 5.74) is 2.71. The summed E-state index contributed by atoms with van der Waals surface area (Å²) in [5.74, 6) is -0.0379. The first kappa shape index (κ1) is 19.1. The number of carbonyl (C=O) groups excluding carboxylic acids is 2. The molecule has 0 heterocycles. The smallest absolute Gasteiger partial charge is 0.237 e. The van der Waals surface area contributed by atoms with Gasteiger partial charge in [-0.1, -0.05) is 30.7 Å². The summed E-state index contributed by atoms with van der Waals surface area (Å²) in [5, 5.41) is 5.55. The molecule has 1 atom stereocenters. The van der Waals surface area contributed by atoms with E-state index in [0.717, 1.165) is 28.3 Å². The fraction of sp³-hybridized carbons (Fsp3) is 0.300. The zero-order valence-corrected chi connectivity index (χ0v) is 15.7. The molecule has 0 fully saturated rings. The van der Waals surface area contributed by atoms with E-state index in [1.807, 2.05) is 69.3 Å². The molecule has 2 N–H and O–H groups in total.